The van der Waals surface area contributed by atoms with Crippen LogP contribution in [0.4, 0.5) is 5.69 Å². The second-order valence-corrected chi connectivity index (χ2v) is 3.00. The molecule has 2 rings (SSSR count). The van der Waals surface area contributed by atoms with Crippen molar-refractivity contribution in [1.82, 2.24) is 9.97 Å². The summed E-state index contributed by atoms with van der Waals surface area (Å²) in [6, 6.07) is 2.81. The quantitative estimate of drug-likeness (QED) is 0.598. The fourth-order valence-corrected chi connectivity index (χ4v) is 1.45. The largest absolute Gasteiger partial charge is 0.490 e. The van der Waals surface area contributed by atoms with Crippen LogP contribution in [0.5, 0.6) is 5.75 Å². The summed E-state index contributed by atoms with van der Waals surface area (Å²) in [6.07, 6.45) is 1.12. The second kappa shape index (κ2) is 3.61. The number of fused-ring (bicyclic) bond motifs is 1. The van der Waals surface area contributed by atoms with Gasteiger partial charge in [0.15, 0.2) is 11.3 Å². The highest BCUT2D eigenvalue weighted by molar-refractivity contribution is 5.89. The third-order valence-corrected chi connectivity index (χ3v) is 2.15. The van der Waals surface area contributed by atoms with Gasteiger partial charge in [0.2, 0.25) is 0 Å². The summed E-state index contributed by atoms with van der Waals surface area (Å²) in [5.41, 5.74) is -0.699. The highest BCUT2D eigenvalue weighted by atomic mass is 16.6. The number of H-pyrrole nitrogens is 1. The van der Waals surface area contributed by atoms with E-state index in [-0.39, 0.29) is 22.3 Å². The van der Waals surface area contributed by atoms with Crippen LogP contribution in [0.25, 0.3) is 10.9 Å². The molecule has 0 radical (unpaired) electrons. The maximum absolute atomic E-state index is 11.4. The molecule has 0 atom stereocenters. The lowest BCUT2D eigenvalue weighted by atomic mass is 10.2. The maximum Gasteiger partial charge on any atom is 0.337 e. The Morgan fingerprint density at radius 1 is 1.50 bits per heavy atom. The minimum atomic E-state index is -0.617. The summed E-state index contributed by atoms with van der Waals surface area (Å²) in [5, 5.41) is 11.0. The number of methoxy groups -OCH3 is 1. The van der Waals surface area contributed by atoms with Gasteiger partial charge in [0.05, 0.1) is 23.7 Å². The maximum atomic E-state index is 11.4. The number of nitrogens with one attached hydrogen (secondary N) is 1. The molecule has 0 amide bonds. The number of hydrogen-bond donors (Lipinski definition) is 1. The summed E-state index contributed by atoms with van der Waals surface area (Å²) in [7, 11) is 1.32. The van der Waals surface area contributed by atoms with Crippen molar-refractivity contribution in [2.75, 3.05) is 7.11 Å². The van der Waals surface area contributed by atoms with E-state index in [4.69, 9.17) is 4.74 Å². The topological polar surface area (TPSA) is 98.1 Å². The molecule has 0 aliphatic heterocycles. The van der Waals surface area contributed by atoms with Crippen LogP contribution in [0.2, 0.25) is 0 Å². The van der Waals surface area contributed by atoms with Gasteiger partial charge in [-0.1, -0.05) is 0 Å². The van der Waals surface area contributed by atoms with Crippen molar-refractivity contribution in [1.29, 1.82) is 0 Å². The first kappa shape index (κ1) is 10.1. The van der Waals surface area contributed by atoms with Crippen LogP contribution in [-0.4, -0.2) is 22.0 Å². The Hall–Kier alpha value is -2.44. The molecule has 0 unspecified atom stereocenters. The first-order valence-corrected chi connectivity index (χ1v) is 4.34. The molecular formula is C9H7N3O4. The van der Waals surface area contributed by atoms with Gasteiger partial charge in [-0.15, -0.1) is 0 Å². The van der Waals surface area contributed by atoms with Crippen LogP contribution in [0.1, 0.15) is 0 Å². The zero-order valence-electron chi connectivity index (χ0n) is 8.26. The number of rotatable bonds is 2. The van der Waals surface area contributed by atoms with E-state index in [0.29, 0.717) is 0 Å². The van der Waals surface area contributed by atoms with Crippen LogP contribution in [0.15, 0.2) is 23.3 Å². The smallest absolute Gasteiger partial charge is 0.337 e. The van der Waals surface area contributed by atoms with E-state index in [1.165, 1.54) is 19.2 Å². The third kappa shape index (κ3) is 1.38. The first-order chi connectivity index (χ1) is 7.65. The normalized spacial score (nSPS) is 10.3. The van der Waals surface area contributed by atoms with E-state index in [0.717, 1.165) is 6.33 Å². The number of aromatic nitrogens is 2. The molecule has 82 valence electrons. The lowest BCUT2D eigenvalue weighted by Gasteiger charge is -2.03. The molecule has 0 bridgehead atoms. The molecular weight excluding hydrogens is 214 g/mol. The summed E-state index contributed by atoms with van der Waals surface area (Å²) >= 11 is 0. The van der Waals surface area contributed by atoms with E-state index < -0.39 is 10.5 Å². The van der Waals surface area contributed by atoms with Gasteiger partial charge in [0.25, 0.3) is 5.56 Å². The van der Waals surface area contributed by atoms with Crippen molar-refractivity contribution >= 4 is 16.6 Å². The Kier molecular flexibility index (Phi) is 2.28. The molecule has 1 N–H and O–H groups in total. The van der Waals surface area contributed by atoms with Gasteiger partial charge in [0.1, 0.15) is 0 Å². The van der Waals surface area contributed by atoms with Crippen LogP contribution in [-0.2, 0) is 0 Å². The molecule has 0 saturated carbocycles. The average molecular weight is 221 g/mol. The molecule has 0 aliphatic rings. The fourth-order valence-electron chi connectivity index (χ4n) is 1.45. The fraction of sp³-hybridized carbons (Fsp3) is 0.111. The lowest BCUT2D eigenvalue weighted by Crippen LogP contribution is -2.08. The Morgan fingerprint density at radius 2 is 2.25 bits per heavy atom. The number of hydrogen-bond acceptors (Lipinski definition) is 5. The number of benzene rings is 1. The number of ether oxygens (including phenoxy) is 1. The standard InChI is InChI=1S/C9H7N3O4/c1-16-6-3-2-5-7(8(6)12(14)15)10-4-11-9(5)13/h2-4H,1H3,(H,10,11,13). The molecule has 0 spiro atoms. The van der Waals surface area contributed by atoms with Crippen LogP contribution < -0.4 is 10.3 Å². The molecule has 1 aromatic carbocycles. The van der Waals surface area contributed by atoms with E-state index in [9.17, 15) is 14.9 Å². The van der Waals surface area contributed by atoms with Gasteiger partial charge >= 0.3 is 5.69 Å². The Bertz CT molecular complexity index is 620. The Labute approximate surface area is 88.8 Å². The van der Waals surface area contributed by atoms with Gasteiger partial charge < -0.3 is 9.72 Å². The Balaban J connectivity index is 2.95. The summed E-state index contributed by atoms with van der Waals surface area (Å²) in [6.45, 7) is 0. The molecule has 0 fully saturated rings. The second-order valence-electron chi connectivity index (χ2n) is 3.00. The minimum absolute atomic E-state index is 0.0214. The third-order valence-electron chi connectivity index (χ3n) is 2.15. The van der Waals surface area contributed by atoms with Gasteiger partial charge in [-0.05, 0) is 12.1 Å². The van der Waals surface area contributed by atoms with Crippen molar-refractivity contribution in [3.63, 3.8) is 0 Å². The van der Waals surface area contributed by atoms with Crippen molar-refractivity contribution in [2.45, 2.75) is 0 Å². The van der Waals surface area contributed by atoms with Crippen LogP contribution in [0, 0.1) is 10.1 Å². The predicted molar refractivity (Wildman–Crippen MR) is 55.6 cm³/mol. The molecule has 0 aliphatic carbocycles. The van der Waals surface area contributed by atoms with Crippen molar-refractivity contribution < 1.29 is 9.66 Å². The highest BCUT2D eigenvalue weighted by Gasteiger charge is 2.21. The van der Waals surface area contributed by atoms with E-state index in [2.05, 4.69) is 9.97 Å². The molecule has 0 saturated heterocycles. The molecule has 7 heteroatoms. The molecule has 7 nitrogen and oxygen atoms in total. The molecule has 16 heavy (non-hydrogen) atoms. The van der Waals surface area contributed by atoms with Crippen molar-refractivity contribution in [2.24, 2.45) is 0 Å². The molecule has 1 aromatic heterocycles. The number of aromatic amines is 1. The first-order valence-electron chi connectivity index (χ1n) is 4.34. The number of nitrogens with zero attached hydrogens (tertiary/aromatic N) is 2. The summed E-state index contributed by atoms with van der Waals surface area (Å²) < 4.78 is 4.86. The number of nitro groups is 1. The van der Waals surface area contributed by atoms with Crippen molar-refractivity contribution in [3.8, 4) is 5.75 Å². The summed E-state index contributed by atoms with van der Waals surface area (Å²) in [5.74, 6) is 0.0793. The predicted octanol–water partition coefficient (Wildman–Crippen LogP) is 0.840. The minimum Gasteiger partial charge on any atom is -0.490 e. The highest BCUT2D eigenvalue weighted by Crippen LogP contribution is 2.31. The Morgan fingerprint density at radius 3 is 2.88 bits per heavy atom. The van der Waals surface area contributed by atoms with Gasteiger partial charge in [-0.3, -0.25) is 14.9 Å². The monoisotopic (exact) mass is 221 g/mol. The van der Waals surface area contributed by atoms with E-state index in [1.807, 2.05) is 0 Å². The zero-order chi connectivity index (χ0) is 11.7. The average Bonchev–Trinajstić information content (AvgIpc) is 2.27. The van der Waals surface area contributed by atoms with E-state index >= 15 is 0 Å². The molecule has 1 heterocycles. The van der Waals surface area contributed by atoms with Gasteiger partial charge in [-0.2, -0.15) is 0 Å². The van der Waals surface area contributed by atoms with Crippen LogP contribution in [0.3, 0.4) is 0 Å². The SMILES string of the molecule is COc1ccc2c(=O)[nH]cnc2c1[N+](=O)[O-]. The summed E-state index contributed by atoms with van der Waals surface area (Å²) in [4.78, 5) is 27.8. The van der Waals surface area contributed by atoms with Crippen LogP contribution >= 0.6 is 0 Å². The van der Waals surface area contributed by atoms with Gasteiger partial charge in [0, 0.05) is 0 Å². The number of nitro benzene ring substituents is 1. The van der Waals surface area contributed by atoms with E-state index in [1.54, 1.807) is 0 Å². The molecule has 2 aromatic rings. The lowest BCUT2D eigenvalue weighted by molar-refractivity contribution is -0.384. The van der Waals surface area contributed by atoms with Gasteiger partial charge in [-0.25, -0.2) is 4.98 Å². The zero-order valence-corrected chi connectivity index (χ0v) is 8.26. The van der Waals surface area contributed by atoms with Crippen molar-refractivity contribution in [3.05, 3.63) is 38.9 Å².